The first-order chi connectivity index (χ1) is 13.8. The Labute approximate surface area is 168 Å². The van der Waals surface area contributed by atoms with Crippen LogP contribution in [0.2, 0.25) is 0 Å². The molecule has 6 nitrogen and oxygen atoms in total. The Morgan fingerprint density at radius 3 is 2.62 bits per heavy atom. The second-order valence-corrected chi connectivity index (χ2v) is 8.77. The average molecular weight is 424 g/mol. The van der Waals surface area contributed by atoms with Gasteiger partial charge in [0, 0.05) is 17.7 Å². The van der Waals surface area contributed by atoms with Gasteiger partial charge in [0.2, 0.25) is 10.0 Å². The fourth-order valence-corrected chi connectivity index (χ4v) is 4.91. The third-order valence-corrected chi connectivity index (χ3v) is 6.56. The van der Waals surface area contributed by atoms with E-state index in [2.05, 4.69) is 10.1 Å². The van der Waals surface area contributed by atoms with Crippen LogP contribution in [0.3, 0.4) is 0 Å². The number of anilines is 1. The van der Waals surface area contributed by atoms with Gasteiger partial charge in [-0.05, 0) is 44.0 Å². The minimum atomic E-state index is -3.39. The lowest BCUT2D eigenvalue weighted by atomic mass is 10.1. The maximum atomic E-state index is 12.7. The third-order valence-electron chi connectivity index (χ3n) is 4.69. The standard InChI is InChI=1S/C20H22F2N2O4S/c1-14(17-9-2-3-10-18(17)28-20(21)22)23-19(25)15-7-6-8-16(13-15)24-11-4-5-12-29(24,26)27/h2-3,6-10,13-14,20H,4-5,11-12H2,1H3,(H,23,25). The van der Waals surface area contributed by atoms with Gasteiger partial charge in [-0.25, -0.2) is 8.42 Å². The van der Waals surface area contributed by atoms with Gasteiger partial charge < -0.3 is 10.1 Å². The van der Waals surface area contributed by atoms with Crippen LogP contribution < -0.4 is 14.4 Å². The SMILES string of the molecule is CC(NC(=O)c1cccc(N2CCCCS2(=O)=O)c1)c1ccccc1OC(F)F. The molecule has 2 aromatic carbocycles. The number of nitrogens with zero attached hydrogens (tertiary/aromatic N) is 1. The summed E-state index contributed by atoms with van der Waals surface area (Å²) < 4.78 is 55.7. The van der Waals surface area contributed by atoms with Crippen LogP contribution in [0.4, 0.5) is 14.5 Å². The zero-order valence-electron chi connectivity index (χ0n) is 15.8. The number of hydrogen-bond acceptors (Lipinski definition) is 4. The van der Waals surface area contributed by atoms with Crippen molar-refractivity contribution in [3.05, 3.63) is 59.7 Å². The molecule has 0 spiro atoms. The number of alkyl halides is 2. The number of amides is 1. The molecule has 0 saturated carbocycles. The van der Waals surface area contributed by atoms with Crippen LogP contribution in [0.5, 0.6) is 5.75 Å². The van der Waals surface area contributed by atoms with E-state index >= 15 is 0 Å². The van der Waals surface area contributed by atoms with Crippen LogP contribution in [0.1, 0.15) is 41.7 Å². The highest BCUT2D eigenvalue weighted by atomic mass is 32.2. The van der Waals surface area contributed by atoms with Gasteiger partial charge in [-0.15, -0.1) is 0 Å². The summed E-state index contributed by atoms with van der Waals surface area (Å²) in [5.74, 6) is -0.370. The van der Waals surface area contributed by atoms with Crippen molar-refractivity contribution >= 4 is 21.6 Å². The highest BCUT2D eigenvalue weighted by molar-refractivity contribution is 7.92. The van der Waals surface area contributed by atoms with E-state index in [1.807, 2.05) is 0 Å². The molecule has 1 aliphatic rings. The highest BCUT2D eigenvalue weighted by Crippen LogP contribution is 2.27. The van der Waals surface area contributed by atoms with E-state index in [4.69, 9.17) is 0 Å². The zero-order valence-corrected chi connectivity index (χ0v) is 16.7. The molecule has 9 heteroatoms. The molecule has 1 N–H and O–H groups in total. The molecule has 0 aliphatic carbocycles. The van der Waals surface area contributed by atoms with Gasteiger partial charge in [0.1, 0.15) is 5.75 Å². The molecule has 0 aromatic heterocycles. The first kappa shape index (κ1) is 21.0. The summed E-state index contributed by atoms with van der Waals surface area (Å²) in [5.41, 5.74) is 1.13. The van der Waals surface area contributed by atoms with Crippen LogP contribution >= 0.6 is 0 Å². The zero-order chi connectivity index (χ0) is 21.0. The quantitative estimate of drug-likeness (QED) is 0.767. The number of ether oxygens (including phenoxy) is 1. The summed E-state index contributed by atoms with van der Waals surface area (Å²) in [6, 6.07) is 12.0. The number of hydrogen-bond donors (Lipinski definition) is 1. The number of sulfonamides is 1. The van der Waals surface area contributed by atoms with E-state index < -0.39 is 28.6 Å². The molecule has 1 atom stereocenters. The van der Waals surface area contributed by atoms with Gasteiger partial charge in [0.25, 0.3) is 5.91 Å². The molecule has 0 bridgehead atoms. The molecule has 3 rings (SSSR count). The molecular weight excluding hydrogens is 402 g/mol. The first-order valence-corrected chi connectivity index (χ1v) is 10.8. The Hall–Kier alpha value is -2.68. The van der Waals surface area contributed by atoms with Crippen LogP contribution in [0.25, 0.3) is 0 Å². The molecule has 1 heterocycles. The maximum absolute atomic E-state index is 12.7. The summed E-state index contributed by atoms with van der Waals surface area (Å²) in [5, 5.41) is 2.75. The van der Waals surface area contributed by atoms with E-state index in [1.165, 1.54) is 16.4 Å². The van der Waals surface area contributed by atoms with Gasteiger partial charge in [-0.2, -0.15) is 8.78 Å². The maximum Gasteiger partial charge on any atom is 0.387 e. The fraction of sp³-hybridized carbons (Fsp3) is 0.350. The van der Waals surface area contributed by atoms with Crippen molar-refractivity contribution in [1.82, 2.24) is 5.32 Å². The highest BCUT2D eigenvalue weighted by Gasteiger charge is 2.26. The Balaban J connectivity index is 1.78. The van der Waals surface area contributed by atoms with E-state index in [9.17, 15) is 22.0 Å². The van der Waals surface area contributed by atoms with Crippen LogP contribution in [0, 0.1) is 0 Å². The molecule has 1 fully saturated rings. The summed E-state index contributed by atoms with van der Waals surface area (Å²) >= 11 is 0. The molecule has 0 radical (unpaired) electrons. The predicted octanol–water partition coefficient (Wildman–Crippen LogP) is 3.71. The van der Waals surface area contributed by atoms with Crippen molar-refractivity contribution in [2.24, 2.45) is 0 Å². The van der Waals surface area contributed by atoms with E-state index in [0.717, 1.165) is 6.42 Å². The van der Waals surface area contributed by atoms with Gasteiger partial charge in [0.15, 0.2) is 0 Å². The van der Waals surface area contributed by atoms with Crippen molar-refractivity contribution in [2.45, 2.75) is 32.4 Å². The van der Waals surface area contributed by atoms with Gasteiger partial charge in [0.05, 0.1) is 17.5 Å². The molecular formula is C20H22F2N2O4S. The first-order valence-electron chi connectivity index (χ1n) is 9.23. The molecule has 156 valence electrons. The Kier molecular flexibility index (Phi) is 6.36. The second-order valence-electron chi connectivity index (χ2n) is 6.76. The topological polar surface area (TPSA) is 75.7 Å². The van der Waals surface area contributed by atoms with Crippen molar-refractivity contribution in [3.8, 4) is 5.75 Å². The number of rotatable bonds is 6. The normalized spacial score (nSPS) is 17.0. The lowest BCUT2D eigenvalue weighted by Gasteiger charge is -2.28. The summed E-state index contributed by atoms with van der Waals surface area (Å²) in [4.78, 5) is 12.7. The van der Waals surface area contributed by atoms with Gasteiger partial charge in [-0.1, -0.05) is 24.3 Å². The Bertz CT molecular complexity index is 982. The lowest BCUT2D eigenvalue weighted by Crippen LogP contribution is -2.38. The smallest absolute Gasteiger partial charge is 0.387 e. The number of benzene rings is 2. The van der Waals surface area contributed by atoms with E-state index in [0.29, 0.717) is 24.2 Å². The number of para-hydroxylation sites is 1. The number of carbonyl (C=O) groups is 1. The fourth-order valence-electron chi connectivity index (χ4n) is 3.28. The number of halogens is 2. The molecule has 1 amide bonds. The molecule has 1 unspecified atom stereocenters. The van der Waals surface area contributed by atoms with E-state index in [1.54, 1.807) is 43.3 Å². The van der Waals surface area contributed by atoms with Crippen molar-refractivity contribution in [2.75, 3.05) is 16.6 Å². The largest absolute Gasteiger partial charge is 0.434 e. The minimum absolute atomic E-state index is 0.0107. The molecule has 29 heavy (non-hydrogen) atoms. The van der Waals surface area contributed by atoms with Crippen LogP contribution in [-0.4, -0.2) is 33.2 Å². The number of carbonyl (C=O) groups excluding carboxylic acids is 1. The van der Waals surface area contributed by atoms with Crippen molar-refractivity contribution in [1.29, 1.82) is 0 Å². The Morgan fingerprint density at radius 1 is 1.14 bits per heavy atom. The third kappa shape index (κ3) is 5.03. The summed E-state index contributed by atoms with van der Waals surface area (Å²) in [7, 11) is -3.39. The molecule has 2 aromatic rings. The predicted molar refractivity (Wildman–Crippen MR) is 106 cm³/mol. The van der Waals surface area contributed by atoms with E-state index in [-0.39, 0.29) is 17.1 Å². The second kappa shape index (κ2) is 8.77. The van der Waals surface area contributed by atoms with Crippen LogP contribution in [0.15, 0.2) is 48.5 Å². The molecule has 1 aliphatic heterocycles. The van der Waals surface area contributed by atoms with Crippen LogP contribution in [-0.2, 0) is 10.0 Å². The lowest BCUT2D eigenvalue weighted by molar-refractivity contribution is -0.0506. The molecule has 1 saturated heterocycles. The van der Waals surface area contributed by atoms with Crippen molar-refractivity contribution in [3.63, 3.8) is 0 Å². The average Bonchev–Trinajstić information content (AvgIpc) is 2.67. The summed E-state index contributed by atoms with van der Waals surface area (Å²) in [6.45, 7) is -0.936. The van der Waals surface area contributed by atoms with Crippen molar-refractivity contribution < 1.29 is 26.7 Å². The van der Waals surface area contributed by atoms with Gasteiger partial charge >= 0.3 is 6.61 Å². The van der Waals surface area contributed by atoms with Gasteiger partial charge in [-0.3, -0.25) is 9.10 Å². The minimum Gasteiger partial charge on any atom is -0.434 e. The Morgan fingerprint density at radius 2 is 1.90 bits per heavy atom. The monoisotopic (exact) mass is 424 g/mol. The summed E-state index contributed by atoms with van der Waals surface area (Å²) in [6.07, 6.45) is 1.38. The number of nitrogens with one attached hydrogen (secondary N) is 1.